The van der Waals surface area contributed by atoms with Gasteiger partial charge in [-0.15, -0.1) is 23.5 Å². The van der Waals surface area contributed by atoms with Gasteiger partial charge in [0, 0.05) is 22.1 Å². The van der Waals surface area contributed by atoms with Crippen LogP contribution in [0.1, 0.15) is 51.5 Å². The molecule has 0 aliphatic carbocycles. The number of hydrogen-bond donors (Lipinski definition) is 0. The molecule has 0 bridgehead atoms. The minimum atomic E-state index is -1.00. The highest BCUT2D eigenvalue weighted by Gasteiger charge is 2.46. The van der Waals surface area contributed by atoms with Crippen molar-refractivity contribution in [3.63, 3.8) is 0 Å². The lowest BCUT2D eigenvalue weighted by molar-refractivity contribution is -0.203. The third-order valence-corrected chi connectivity index (χ3v) is 13.7. The van der Waals surface area contributed by atoms with Gasteiger partial charge in [0.1, 0.15) is 15.6 Å². The minimum absolute atomic E-state index is 0.249. The zero-order valence-electron chi connectivity index (χ0n) is 28.1. The molecule has 0 aromatic heterocycles. The van der Waals surface area contributed by atoms with Gasteiger partial charge in [-0.05, 0) is 93.9 Å². The fourth-order valence-corrected chi connectivity index (χ4v) is 11.2. The van der Waals surface area contributed by atoms with Gasteiger partial charge < -0.3 is 18.9 Å². The molecule has 248 valence electrons. The van der Waals surface area contributed by atoms with Crippen molar-refractivity contribution in [2.75, 3.05) is 33.2 Å². The van der Waals surface area contributed by atoms with Gasteiger partial charge in [-0.25, -0.2) is 0 Å². The van der Waals surface area contributed by atoms with Crippen molar-refractivity contribution < 1.29 is 18.9 Å². The summed E-state index contributed by atoms with van der Waals surface area (Å²) in [4.78, 5) is 0. The zero-order chi connectivity index (χ0) is 33.4. The monoisotopic (exact) mass is 684 g/mol. The third kappa shape index (κ3) is 5.69. The highest BCUT2D eigenvalue weighted by molar-refractivity contribution is 8.21. The molecule has 1 atom stereocenters. The van der Waals surface area contributed by atoms with E-state index in [0.29, 0.717) is 13.2 Å². The number of thioether (sulfide) groups is 2. The summed E-state index contributed by atoms with van der Waals surface area (Å²) in [7, 11) is 3.44. The quantitative estimate of drug-likeness (QED) is 0.167. The second-order valence-electron chi connectivity index (χ2n) is 12.8. The van der Waals surface area contributed by atoms with Crippen LogP contribution in [0.5, 0.6) is 11.5 Å². The highest BCUT2D eigenvalue weighted by atomic mass is 32.2. The summed E-state index contributed by atoms with van der Waals surface area (Å²) in [5.41, 5.74) is 7.18. The van der Waals surface area contributed by atoms with Gasteiger partial charge >= 0.3 is 0 Å². The van der Waals surface area contributed by atoms with Crippen LogP contribution < -0.4 is 9.47 Å². The Balaban J connectivity index is 1.27. The van der Waals surface area contributed by atoms with E-state index in [0.717, 1.165) is 41.2 Å². The van der Waals surface area contributed by atoms with Crippen LogP contribution in [0, 0.1) is 6.92 Å². The summed E-state index contributed by atoms with van der Waals surface area (Å²) in [6, 6.07) is 43.6. The van der Waals surface area contributed by atoms with Gasteiger partial charge in [-0.3, -0.25) is 0 Å². The molecule has 2 aliphatic heterocycles. The van der Waals surface area contributed by atoms with E-state index < -0.39 is 5.79 Å². The smallest absolute Gasteiger partial charge is 0.223 e. The third-order valence-electron chi connectivity index (χ3n) is 9.91. The molecule has 0 radical (unpaired) electrons. The van der Waals surface area contributed by atoms with Crippen molar-refractivity contribution in [3.05, 3.63) is 155 Å². The first-order valence-corrected chi connectivity index (χ1v) is 18.8. The molecule has 6 heteroatoms. The number of methoxy groups -OCH3 is 2. The fraction of sp³-hybridized carbons (Fsp3) is 0.256. The van der Waals surface area contributed by atoms with Crippen molar-refractivity contribution in [1.29, 1.82) is 0 Å². The number of fused-ring (bicyclic) bond motifs is 2. The van der Waals surface area contributed by atoms with Crippen LogP contribution >= 0.6 is 23.5 Å². The lowest BCUT2D eigenvalue weighted by Crippen LogP contribution is -2.35. The van der Waals surface area contributed by atoms with Crippen LogP contribution in [0.2, 0.25) is 0 Å². The van der Waals surface area contributed by atoms with Crippen molar-refractivity contribution in [2.24, 2.45) is 0 Å². The van der Waals surface area contributed by atoms with E-state index in [4.69, 9.17) is 18.9 Å². The van der Waals surface area contributed by atoms with E-state index >= 15 is 0 Å². The van der Waals surface area contributed by atoms with E-state index in [9.17, 15) is 0 Å². The number of rotatable bonds is 7. The first kappa shape index (κ1) is 32.3. The van der Waals surface area contributed by atoms with Crippen LogP contribution in [0.4, 0.5) is 0 Å². The molecule has 2 fully saturated rings. The standard InChI is InChI=1S/C43H40O4S2/c1-29-26-39(40-28-48-43(49-40,32-16-20-35(44-2)21-17-32)33-18-22-36(45-3)23-19-33)37-12-6-7-13-38(37)41(29)42(46-24-8-9-25-47-42)34-15-14-30-10-4-5-11-31(30)27-34/h4-7,10-23,26-27,40H,8-9,24-25,28H2,1-3H3. The number of ether oxygens (including phenoxy) is 4. The van der Waals surface area contributed by atoms with E-state index in [-0.39, 0.29) is 9.33 Å². The van der Waals surface area contributed by atoms with E-state index in [1.54, 1.807) is 14.2 Å². The maximum Gasteiger partial charge on any atom is 0.223 e. The van der Waals surface area contributed by atoms with Crippen LogP contribution in [0.25, 0.3) is 21.5 Å². The van der Waals surface area contributed by atoms with Crippen molar-refractivity contribution in [3.8, 4) is 11.5 Å². The maximum absolute atomic E-state index is 6.90. The molecule has 1 unspecified atom stereocenters. The molecule has 6 aromatic carbocycles. The van der Waals surface area contributed by atoms with E-state index in [1.165, 1.54) is 43.8 Å². The molecule has 2 heterocycles. The summed E-state index contributed by atoms with van der Waals surface area (Å²) < 4.78 is 24.6. The Morgan fingerprint density at radius 3 is 1.84 bits per heavy atom. The van der Waals surface area contributed by atoms with Crippen molar-refractivity contribution in [1.82, 2.24) is 0 Å². The Morgan fingerprint density at radius 2 is 1.20 bits per heavy atom. The van der Waals surface area contributed by atoms with Gasteiger partial charge in [0.05, 0.1) is 27.4 Å². The van der Waals surface area contributed by atoms with Crippen LogP contribution in [0.3, 0.4) is 0 Å². The molecule has 6 aromatic rings. The number of aryl methyl sites for hydroxylation is 1. The molecule has 2 saturated heterocycles. The van der Waals surface area contributed by atoms with Crippen LogP contribution in [-0.4, -0.2) is 33.2 Å². The van der Waals surface area contributed by atoms with Gasteiger partial charge in [-0.1, -0.05) is 91.0 Å². The average molecular weight is 685 g/mol. The van der Waals surface area contributed by atoms with Gasteiger partial charge in [0.2, 0.25) is 5.79 Å². The summed E-state index contributed by atoms with van der Waals surface area (Å²) in [6.07, 6.45) is 1.94. The second-order valence-corrected chi connectivity index (χ2v) is 15.7. The summed E-state index contributed by atoms with van der Waals surface area (Å²) in [5, 5.41) is 5.07. The molecular formula is C43H40O4S2. The summed E-state index contributed by atoms with van der Waals surface area (Å²) >= 11 is 4.03. The first-order valence-electron chi connectivity index (χ1n) is 17.0. The van der Waals surface area contributed by atoms with Gasteiger partial charge in [-0.2, -0.15) is 0 Å². The van der Waals surface area contributed by atoms with Crippen LogP contribution in [0.15, 0.2) is 121 Å². The number of benzene rings is 6. The molecule has 0 saturated carbocycles. The lowest BCUT2D eigenvalue weighted by Gasteiger charge is -2.36. The Morgan fingerprint density at radius 1 is 0.633 bits per heavy atom. The summed E-state index contributed by atoms with van der Waals surface area (Å²) in [6.45, 7) is 3.52. The fourth-order valence-electron chi connectivity index (χ4n) is 7.48. The Bertz CT molecular complexity index is 2050. The van der Waals surface area contributed by atoms with Crippen molar-refractivity contribution in [2.45, 2.75) is 34.9 Å². The summed E-state index contributed by atoms with van der Waals surface area (Å²) in [5.74, 6) is 1.68. The Kier molecular flexibility index (Phi) is 8.83. The second kappa shape index (κ2) is 13.4. The normalized spacial score (nSPS) is 18.7. The molecule has 4 nitrogen and oxygen atoms in total. The topological polar surface area (TPSA) is 36.9 Å². The average Bonchev–Trinajstić information content (AvgIpc) is 3.47. The molecule has 0 spiro atoms. The number of hydrogen-bond acceptors (Lipinski definition) is 6. The predicted molar refractivity (Wildman–Crippen MR) is 204 cm³/mol. The van der Waals surface area contributed by atoms with E-state index in [1.807, 2.05) is 23.5 Å². The molecule has 49 heavy (non-hydrogen) atoms. The molecular weight excluding hydrogens is 645 g/mol. The van der Waals surface area contributed by atoms with Gasteiger partial charge in [0.25, 0.3) is 0 Å². The molecule has 2 aliphatic rings. The Labute approximate surface area is 297 Å². The highest BCUT2D eigenvalue weighted by Crippen LogP contribution is 2.64. The van der Waals surface area contributed by atoms with Gasteiger partial charge in [0.15, 0.2) is 0 Å². The van der Waals surface area contributed by atoms with E-state index in [2.05, 4.69) is 128 Å². The SMILES string of the molecule is COc1ccc(C2(c3ccc(OC)cc3)SCC(c3cc(C)c(C4(c5ccc6ccccc6c5)OCCCCO4)c4ccccc34)S2)cc1. The zero-order valence-corrected chi connectivity index (χ0v) is 29.7. The van der Waals surface area contributed by atoms with Crippen LogP contribution in [-0.2, 0) is 19.3 Å². The predicted octanol–water partition coefficient (Wildman–Crippen LogP) is 10.8. The molecule has 8 rings (SSSR count). The molecule has 0 N–H and O–H groups in total. The van der Waals surface area contributed by atoms with Crippen molar-refractivity contribution >= 4 is 45.1 Å². The maximum atomic E-state index is 6.90. The largest absolute Gasteiger partial charge is 0.497 e. The lowest BCUT2D eigenvalue weighted by atomic mass is 9.85. The Hall–Kier alpha value is -3.94. The molecule has 0 amide bonds. The minimum Gasteiger partial charge on any atom is -0.497 e. The first-order chi connectivity index (χ1) is 24.0.